The first-order chi connectivity index (χ1) is 16.8. The highest BCUT2D eigenvalue weighted by atomic mass is 32.2. The molecule has 0 saturated carbocycles. The molecule has 0 fully saturated rings. The molecule has 0 spiro atoms. The van der Waals surface area contributed by atoms with Crippen LogP contribution in [0.3, 0.4) is 0 Å². The van der Waals surface area contributed by atoms with Crippen molar-refractivity contribution in [1.29, 1.82) is 0 Å². The number of amides is 1. The number of carbonyl (C=O) groups excluding carboxylic acids is 1. The minimum absolute atomic E-state index is 0.219. The molecule has 6 nitrogen and oxygen atoms in total. The SMILES string of the molecule is CCCCN(CCCC)S(=O)(=O)c1ccc(C(=O)N=c2sc3cc(CC)ccc3n2CCC)cc1. The molecule has 1 heterocycles. The molecule has 0 bridgehead atoms. The first-order valence-electron chi connectivity index (χ1n) is 12.7. The molecule has 2 aromatic carbocycles. The zero-order valence-electron chi connectivity index (χ0n) is 21.3. The van der Waals surface area contributed by atoms with Gasteiger partial charge in [-0.3, -0.25) is 4.79 Å². The maximum absolute atomic E-state index is 13.2. The van der Waals surface area contributed by atoms with Crippen LogP contribution in [0.4, 0.5) is 0 Å². The lowest BCUT2D eigenvalue weighted by atomic mass is 10.2. The van der Waals surface area contributed by atoms with Crippen molar-refractivity contribution in [2.24, 2.45) is 4.99 Å². The molecule has 35 heavy (non-hydrogen) atoms. The van der Waals surface area contributed by atoms with Crippen LogP contribution >= 0.6 is 11.3 Å². The van der Waals surface area contributed by atoms with E-state index >= 15 is 0 Å². The van der Waals surface area contributed by atoms with E-state index in [-0.39, 0.29) is 10.8 Å². The summed E-state index contributed by atoms with van der Waals surface area (Å²) in [6.07, 6.45) is 5.40. The van der Waals surface area contributed by atoms with Crippen LogP contribution in [-0.2, 0) is 23.0 Å². The van der Waals surface area contributed by atoms with Gasteiger partial charge < -0.3 is 4.57 Å². The third-order valence-electron chi connectivity index (χ3n) is 6.06. The predicted octanol–water partition coefficient (Wildman–Crippen LogP) is 6.01. The Bertz CT molecular complexity index is 1300. The lowest BCUT2D eigenvalue weighted by molar-refractivity contribution is 0.0997. The molecule has 1 amide bonds. The Morgan fingerprint density at radius 3 is 2.17 bits per heavy atom. The molecule has 1 aromatic heterocycles. The average molecular weight is 516 g/mol. The molecule has 0 N–H and O–H groups in total. The highest BCUT2D eigenvalue weighted by Gasteiger charge is 2.23. The summed E-state index contributed by atoms with van der Waals surface area (Å²) in [6, 6.07) is 12.6. The number of fused-ring (bicyclic) bond motifs is 1. The largest absolute Gasteiger partial charge is 0.316 e. The fourth-order valence-corrected chi connectivity index (χ4v) is 6.59. The predicted molar refractivity (Wildman–Crippen MR) is 144 cm³/mol. The third kappa shape index (κ3) is 6.48. The monoisotopic (exact) mass is 515 g/mol. The van der Waals surface area contributed by atoms with Gasteiger partial charge >= 0.3 is 0 Å². The first-order valence-corrected chi connectivity index (χ1v) is 14.9. The van der Waals surface area contributed by atoms with E-state index < -0.39 is 10.0 Å². The summed E-state index contributed by atoms with van der Waals surface area (Å²) < 4.78 is 31.2. The highest BCUT2D eigenvalue weighted by Crippen LogP contribution is 2.21. The second-order valence-electron chi connectivity index (χ2n) is 8.74. The van der Waals surface area contributed by atoms with Crippen LogP contribution in [0.2, 0.25) is 0 Å². The third-order valence-corrected chi connectivity index (χ3v) is 9.02. The Balaban J connectivity index is 1.91. The van der Waals surface area contributed by atoms with E-state index in [1.54, 1.807) is 16.4 Å². The number of aromatic nitrogens is 1. The van der Waals surface area contributed by atoms with Crippen LogP contribution in [0, 0.1) is 0 Å². The van der Waals surface area contributed by atoms with E-state index in [1.807, 2.05) is 0 Å². The Morgan fingerprint density at radius 1 is 0.943 bits per heavy atom. The van der Waals surface area contributed by atoms with Crippen molar-refractivity contribution in [2.75, 3.05) is 13.1 Å². The smallest absolute Gasteiger partial charge is 0.279 e. The molecule has 0 saturated heterocycles. The molecule has 3 aromatic rings. The van der Waals surface area contributed by atoms with Gasteiger partial charge in [-0.2, -0.15) is 9.30 Å². The average Bonchev–Trinajstić information content (AvgIpc) is 3.20. The number of sulfonamides is 1. The van der Waals surface area contributed by atoms with Gasteiger partial charge in [0.15, 0.2) is 4.80 Å². The normalized spacial score (nSPS) is 12.7. The quantitative estimate of drug-likeness (QED) is 0.297. The maximum atomic E-state index is 13.2. The zero-order valence-corrected chi connectivity index (χ0v) is 22.9. The summed E-state index contributed by atoms with van der Waals surface area (Å²) in [5, 5.41) is 0. The molecular weight excluding hydrogens is 478 g/mol. The lowest BCUT2D eigenvalue weighted by Crippen LogP contribution is -2.33. The molecule has 0 unspecified atom stereocenters. The number of thiazole rings is 1. The molecular formula is C27H37N3O3S2. The summed E-state index contributed by atoms with van der Waals surface area (Å²) in [7, 11) is -3.60. The topological polar surface area (TPSA) is 71.7 Å². The van der Waals surface area contributed by atoms with E-state index in [1.165, 1.54) is 29.0 Å². The molecule has 190 valence electrons. The Hall–Kier alpha value is -2.29. The number of rotatable bonds is 12. The molecule has 0 atom stereocenters. The van der Waals surface area contributed by atoms with Crippen LogP contribution in [0.15, 0.2) is 52.4 Å². The van der Waals surface area contributed by atoms with Gasteiger partial charge in [0.25, 0.3) is 5.91 Å². The zero-order chi connectivity index (χ0) is 25.4. The minimum atomic E-state index is -3.60. The van der Waals surface area contributed by atoms with Gasteiger partial charge in [-0.25, -0.2) is 8.42 Å². The van der Waals surface area contributed by atoms with Crippen molar-refractivity contribution in [3.63, 3.8) is 0 Å². The number of hydrogen-bond donors (Lipinski definition) is 0. The van der Waals surface area contributed by atoms with E-state index in [4.69, 9.17) is 0 Å². The van der Waals surface area contributed by atoms with Crippen molar-refractivity contribution >= 4 is 37.5 Å². The first kappa shape index (κ1) is 27.3. The van der Waals surface area contributed by atoms with E-state index in [0.717, 1.165) is 55.3 Å². The highest BCUT2D eigenvalue weighted by molar-refractivity contribution is 7.89. The number of aryl methyl sites for hydroxylation is 2. The number of benzene rings is 2. The van der Waals surface area contributed by atoms with Gasteiger partial charge in [-0.15, -0.1) is 0 Å². The number of nitrogens with zero attached hydrogens (tertiary/aromatic N) is 3. The van der Waals surface area contributed by atoms with Crippen LogP contribution in [0.5, 0.6) is 0 Å². The van der Waals surface area contributed by atoms with Crippen molar-refractivity contribution in [3.8, 4) is 0 Å². The van der Waals surface area contributed by atoms with Crippen molar-refractivity contribution in [2.45, 2.75) is 77.7 Å². The van der Waals surface area contributed by atoms with Gasteiger partial charge in [0.1, 0.15) is 0 Å². The van der Waals surface area contributed by atoms with E-state index in [0.29, 0.717) is 23.5 Å². The maximum Gasteiger partial charge on any atom is 0.279 e. The van der Waals surface area contributed by atoms with Gasteiger partial charge in [-0.05, 0) is 67.6 Å². The molecule has 3 rings (SSSR count). The van der Waals surface area contributed by atoms with Crippen molar-refractivity contribution < 1.29 is 13.2 Å². The Kier molecular flexibility index (Phi) is 9.83. The summed E-state index contributed by atoms with van der Waals surface area (Å²) >= 11 is 1.52. The standard InChI is InChI=1S/C27H37N3O3S2/c1-5-9-18-29(19-10-6-2)35(32,33)23-14-12-22(13-15-23)26(31)28-27-30(17-7-3)24-16-11-21(8-4)20-25(24)34-27/h11-16,20H,5-10,17-19H2,1-4H3. The van der Waals surface area contributed by atoms with Gasteiger partial charge in [0, 0.05) is 25.2 Å². The second-order valence-corrected chi connectivity index (χ2v) is 11.7. The summed E-state index contributed by atoms with van der Waals surface area (Å²) in [5.41, 5.74) is 2.72. The molecule has 0 aliphatic heterocycles. The fourth-order valence-electron chi connectivity index (χ4n) is 3.95. The van der Waals surface area contributed by atoms with Crippen molar-refractivity contribution in [1.82, 2.24) is 8.87 Å². The van der Waals surface area contributed by atoms with Gasteiger partial charge in [-0.1, -0.05) is 57.9 Å². The Labute approximate surface area is 213 Å². The summed E-state index contributed by atoms with van der Waals surface area (Å²) in [5.74, 6) is -0.366. The number of hydrogen-bond acceptors (Lipinski definition) is 4. The van der Waals surface area contributed by atoms with Gasteiger partial charge in [0.05, 0.1) is 15.1 Å². The summed E-state index contributed by atoms with van der Waals surface area (Å²) in [4.78, 5) is 18.3. The second kappa shape index (κ2) is 12.6. The molecule has 0 aliphatic rings. The molecule has 8 heteroatoms. The van der Waals surface area contributed by atoms with Crippen LogP contribution in [0.1, 0.15) is 75.7 Å². The van der Waals surface area contributed by atoms with Crippen molar-refractivity contribution in [3.05, 3.63) is 58.4 Å². The molecule has 0 aliphatic carbocycles. The van der Waals surface area contributed by atoms with Crippen LogP contribution in [-0.4, -0.2) is 36.3 Å². The minimum Gasteiger partial charge on any atom is -0.316 e. The lowest BCUT2D eigenvalue weighted by Gasteiger charge is -2.22. The van der Waals surface area contributed by atoms with Crippen LogP contribution < -0.4 is 4.80 Å². The van der Waals surface area contributed by atoms with E-state index in [2.05, 4.69) is 55.5 Å². The molecule has 0 radical (unpaired) electrons. The van der Waals surface area contributed by atoms with E-state index in [9.17, 15) is 13.2 Å². The van der Waals surface area contributed by atoms with Crippen LogP contribution in [0.25, 0.3) is 10.2 Å². The van der Waals surface area contributed by atoms with Gasteiger partial charge in [0.2, 0.25) is 10.0 Å². The summed E-state index contributed by atoms with van der Waals surface area (Å²) in [6.45, 7) is 10.1. The number of carbonyl (C=O) groups is 1. The number of unbranched alkanes of at least 4 members (excludes halogenated alkanes) is 2. The Morgan fingerprint density at radius 2 is 1.60 bits per heavy atom. The fraction of sp³-hybridized carbons (Fsp3) is 0.481.